The minimum atomic E-state index is -0.600. The molecule has 3 amide bonds. The Balaban J connectivity index is 1.30. The Morgan fingerprint density at radius 1 is 1.10 bits per heavy atom. The van der Waals surface area contributed by atoms with Crippen molar-refractivity contribution in [3.63, 3.8) is 0 Å². The SMILES string of the molecule is O=C(NCCCn1ncc2ccc([N+](=O)[O-])cc21)N1C(=O)/C(=C/c2cccc(Cl)c2)SC1c1cccc(Cl)c1. The van der Waals surface area contributed by atoms with Gasteiger partial charge in [-0.25, -0.2) is 9.69 Å². The molecule has 1 N–H and O–H groups in total. The van der Waals surface area contributed by atoms with Gasteiger partial charge in [0.25, 0.3) is 11.6 Å². The molecule has 1 unspecified atom stereocenters. The van der Waals surface area contributed by atoms with Gasteiger partial charge in [-0.1, -0.05) is 59.2 Å². The molecule has 39 heavy (non-hydrogen) atoms. The van der Waals surface area contributed by atoms with Crippen molar-refractivity contribution in [1.82, 2.24) is 20.0 Å². The zero-order chi connectivity index (χ0) is 27.5. The number of nitro groups is 1. The number of fused-ring (bicyclic) bond motifs is 1. The van der Waals surface area contributed by atoms with E-state index in [9.17, 15) is 19.7 Å². The van der Waals surface area contributed by atoms with Gasteiger partial charge in [0.15, 0.2) is 0 Å². The van der Waals surface area contributed by atoms with Crippen LogP contribution in [0.5, 0.6) is 0 Å². The summed E-state index contributed by atoms with van der Waals surface area (Å²) >= 11 is 13.6. The topological polar surface area (TPSA) is 110 Å². The fourth-order valence-electron chi connectivity index (χ4n) is 4.23. The van der Waals surface area contributed by atoms with Gasteiger partial charge in [0.1, 0.15) is 5.37 Å². The summed E-state index contributed by atoms with van der Waals surface area (Å²) < 4.78 is 1.66. The molecule has 0 spiro atoms. The molecule has 1 aliphatic heterocycles. The highest BCUT2D eigenvalue weighted by atomic mass is 35.5. The summed E-state index contributed by atoms with van der Waals surface area (Å²) in [5, 5.41) is 19.5. The molecule has 4 aromatic rings. The van der Waals surface area contributed by atoms with Crippen LogP contribution in [0.25, 0.3) is 17.0 Å². The van der Waals surface area contributed by atoms with Crippen LogP contribution in [0.15, 0.2) is 77.8 Å². The van der Waals surface area contributed by atoms with Crippen LogP contribution in [0.2, 0.25) is 10.0 Å². The number of nitro benzene ring substituents is 1. The van der Waals surface area contributed by atoms with Crippen LogP contribution in [0.3, 0.4) is 0 Å². The van der Waals surface area contributed by atoms with E-state index in [0.29, 0.717) is 33.4 Å². The highest BCUT2D eigenvalue weighted by Gasteiger charge is 2.41. The van der Waals surface area contributed by atoms with E-state index >= 15 is 0 Å². The maximum Gasteiger partial charge on any atom is 0.325 e. The van der Waals surface area contributed by atoms with E-state index < -0.39 is 22.2 Å². The van der Waals surface area contributed by atoms with Crippen molar-refractivity contribution in [3.8, 4) is 0 Å². The second kappa shape index (κ2) is 11.5. The Kier molecular flexibility index (Phi) is 7.87. The van der Waals surface area contributed by atoms with Crippen LogP contribution in [-0.2, 0) is 11.3 Å². The molecule has 5 rings (SSSR count). The lowest BCUT2D eigenvalue weighted by molar-refractivity contribution is -0.384. The quantitative estimate of drug-likeness (QED) is 0.113. The van der Waals surface area contributed by atoms with Gasteiger partial charge in [-0.15, -0.1) is 0 Å². The summed E-state index contributed by atoms with van der Waals surface area (Å²) in [6.07, 6.45) is 3.85. The van der Waals surface area contributed by atoms with Crippen molar-refractivity contribution in [2.24, 2.45) is 0 Å². The molecular weight excluding hydrogens is 561 g/mol. The molecule has 1 fully saturated rings. The predicted molar refractivity (Wildman–Crippen MR) is 152 cm³/mol. The van der Waals surface area contributed by atoms with E-state index in [1.165, 1.54) is 28.8 Å². The molecule has 1 aliphatic rings. The molecule has 9 nitrogen and oxygen atoms in total. The molecule has 198 valence electrons. The van der Waals surface area contributed by atoms with Crippen molar-refractivity contribution in [2.45, 2.75) is 18.3 Å². The van der Waals surface area contributed by atoms with Gasteiger partial charge < -0.3 is 5.32 Å². The van der Waals surface area contributed by atoms with E-state index in [-0.39, 0.29) is 12.2 Å². The van der Waals surface area contributed by atoms with E-state index in [1.807, 2.05) is 12.1 Å². The third-order valence-corrected chi connectivity index (χ3v) is 7.79. The Morgan fingerprint density at radius 3 is 2.62 bits per heavy atom. The number of aromatic nitrogens is 2. The predicted octanol–water partition coefficient (Wildman–Crippen LogP) is 6.67. The number of carbonyl (C=O) groups excluding carboxylic acids is 2. The van der Waals surface area contributed by atoms with Gasteiger partial charge in [0, 0.05) is 40.7 Å². The molecule has 1 saturated heterocycles. The van der Waals surface area contributed by atoms with E-state index in [2.05, 4.69) is 10.4 Å². The lowest BCUT2D eigenvalue weighted by Gasteiger charge is -2.22. The molecule has 0 bridgehead atoms. The van der Waals surface area contributed by atoms with Gasteiger partial charge in [-0.3, -0.25) is 19.6 Å². The number of thioether (sulfide) groups is 1. The highest BCUT2D eigenvalue weighted by molar-refractivity contribution is 8.04. The zero-order valence-corrected chi connectivity index (χ0v) is 22.6. The minimum absolute atomic E-state index is 0.0173. The van der Waals surface area contributed by atoms with Crippen molar-refractivity contribution < 1.29 is 14.5 Å². The van der Waals surface area contributed by atoms with Crippen molar-refractivity contribution in [2.75, 3.05) is 6.54 Å². The normalized spacial score (nSPS) is 16.3. The molecule has 12 heteroatoms. The summed E-state index contributed by atoms with van der Waals surface area (Å²) in [7, 11) is 0. The van der Waals surface area contributed by atoms with Gasteiger partial charge >= 0.3 is 6.03 Å². The number of nitrogens with zero attached hydrogens (tertiary/aromatic N) is 4. The number of hydrogen-bond donors (Lipinski definition) is 1. The minimum Gasteiger partial charge on any atom is -0.338 e. The average molecular weight is 582 g/mol. The summed E-state index contributed by atoms with van der Waals surface area (Å²) in [6, 6.07) is 18.2. The van der Waals surface area contributed by atoms with Gasteiger partial charge in [-0.2, -0.15) is 5.10 Å². The van der Waals surface area contributed by atoms with Crippen LogP contribution in [-0.4, -0.2) is 38.1 Å². The fourth-order valence-corrected chi connectivity index (χ4v) is 5.85. The Morgan fingerprint density at radius 2 is 1.87 bits per heavy atom. The van der Waals surface area contributed by atoms with Crippen LogP contribution in [0.1, 0.15) is 22.9 Å². The number of nitrogens with one attached hydrogen (secondary N) is 1. The van der Waals surface area contributed by atoms with Crippen LogP contribution >= 0.6 is 35.0 Å². The first kappa shape index (κ1) is 26.7. The highest BCUT2D eigenvalue weighted by Crippen LogP contribution is 2.46. The first-order chi connectivity index (χ1) is 18.8. The van der Waals surface area contributed by atoms with E-state index in [4.69, 9.17) is 23.2 Å². The van der Waals surface area contributed by atoms with Crippen LogP contribution in [0.4, 0.5) is 10.5 Å². The molecule has 2 heterocycles. The van der Waals surface area contributed by atoms with Gasteiger partial charge in [0.2, 0.25) is 0 Å². The van der Waals surface area contributed by atoms with Crippen molar-refractivity contribution in [3.05, 3.63) is 109 Å². The van der Waals surface area contributed by atoms with Gasteiger partial charge in [-0.05, 0) is 54.0 Å². The molecule has 1 atom stereocenters. The monoisotopic (exact) mass is 581 g/mol. The number of rotatable bonds is 7. The molecule has 0 saturated carbocycles. The number of non-ortho nitro benzene ring substituents is 1. The summed E-state index contributed by atoms with van der Waals surface area (Å²) in [4.78, 5) is 38.9. The van der Waals surface area contributed by atoms with E-state index in [0.717, 1.165) is 16.5 Å². The maximum absolute atomic E-state index is 13.4. The lowest BCUT2D eigenvalue weighted by atomic mass is 10.2. The van der Waals surface area contributed by atoms with Gasteiger partial charge in [0.05, 0.1) is 21.5 Å². The smallest absolute Gasteiger partial charge is 0.325 e. The third-order valence-electron chi connectivity index (χ3n) is 6.06. The molecule has 1 aromatic heterocycles. The molecule has 3 aromatic carbocycles. The van der Waals surface area contributed by atoms with Crippen LogP contribution < -0.4 is 5.32 Å². The zero-order valence-electron chi connectivity index (χ0n) is 20.3. The maximum atomic E-state index is 13.4. The summed E-state index contributed by atoms with van der Waals surface area (Å²) in [6.45, 7) is 0.685. The lowest BCUT2D eigenvalue weighted by Crippen LogP contribution is -2.42. The number of benzene rings is 3. The standard InChI is InChI=1S/C27H21Cl2N5O4S/c28-20-6-1-4-17(12-20)13-24-25(35)33(26(39-24)18-5-2-7-21(29)14-18)27(36)30-10-3-11-32-23-15-22(34(37)38)9-8-19(23)16-31-32/h1-2,4-9,12-16,26H,3,10-11H2,(H,30,36)/b24-13-. The number of hydrogen-bond acceptors (Lipinski definition) is 6. The Labute approximate surface area is 237 Å². The molecule has 0 aliphatic carbocycles. The molecule has 0 radical (unpaired) electrons. The average Bonchev–Trinajstić information content (AvgIpc) is 3.46. The third kappa shape index (κ3) is 5.93. The van der Waals surface area contributed by atoms with Crippen molar-refractivity contribution >= 4 is 69.6 Å². The second-order valence-corrected chi connectivity index (χ2v) is 10.7. The first-order valence-electron chi connectivity index (χ1n) is 11.9. The summed E-state index contributed by atoms with van der Waals surface area (Å²) in [5.41, 5.74) is 2.09. The Hall–Kier alpha value is -3.86. The van der Waals surface area contributed by atoms with E-state index in [1.54, 1.807) is 59.4 Å². The number of carbonyl (C=O) groups is 2. The molecular formula is C27H21Cl2N5O4S. The second-order valence-electron chi connectivity index (χ2n) is 8.72. The van der Waals surface area contributed by atoms with Crippen LogP contribution in [0, 0.1) is 10.1 Å². The van der Waals surface area contributed by atoms with Crippen molar-refractivity contribution in [1.29, 1.82) is 0 Å². The number of imide groups is 1. The Bertz CT molecular complexity index is 1620. The number of amides is 3. The number of halogens is 2. The fraction of sp³-hybridized carbons (Fsp3) is 0.148. The first-order valence-corrected chi connectivity index (χ1v) is 13.5. The largest absolute Gasteiger partial charge is 0.338 e. The number of aryl methyl sites for hydroxylation is 1. The number of urea groups is 1. The summed E-state index contributed by atoms with van der Waals surface area (Å²) in [5.74, 6) is -0.423.